The van der Waals surface area contributed by atoms with E-state index in [1.807, 2.05) is 91.0 Å². The molecule has 0 aliphatic rings. The number of carbonyl (C=O) groups is 1. The van der Waals surface area contributed by atoms with E-state index in [4.69, 9.17) is 10.5 Å². The Morgan fingerprint density at radius 2 is 1.37 bits per heavy atom. The summed E-state index contributed by atoms with van der Waals surface area (Å²) < 4.78 is 5.86. The molecule has 4 nitrogen and oxygen atoms in total. The molecule has 0 fully saturated rings. The minimum atomic E-state index is 0.00397. The first kappa shape index (κ1) is 19.3. The van der Waals surface area contributed by atoms with Crippen LogP contribution in [-0.4, -0.2) is 5.78 Å². The van der Waals surface area contributed by atoms with Crippen molar-refractivity contribution in [3.8, 4) is 5.75 Å². The third-order valence-corrected chi connectivity index (χ3v) is 4.75. The highest BCUT2D eigenvalue weighted by Crippen LogP contribution is 2.23. The molecule has 4 rings (SSSR count). The smallest absolute Gasteiger partial charge is 0.193 e. The number of carbonyl (C=O) groups excluding carboxylic acids is 1. The zero-order valence-electron chi connectivity index (χ0n) is 16.4. The summed E-state index contributed by atoms with van der Waals surface area (Å²) >= 11 is 0. The van der Waals surface area contributed by atoms with Crippen LogP contribution < -0.4 is 15.8 Å². The Labute approximate surface area is 175 Å². The molecule has 0 aromatic heterocycles. The van der Waals surface area contributed by atoms with Gasteiger partial charge in [0.15, 0.2) is 5.78 Å². The molecule has 0 heterocycles. The molecule has 148 valence electrons. The maximum atomic E-state index is 12.5. The van der Waals surface area contributed by atoms with Crippen molar-refractivity contribution in [3.05, 3.63) is 120 Å². The van der Waals surface area contributed by atoms with Gasteiger partial charge >= 0.3 is 0 Å². The van der Waals surface area contributed by atoms with Gasteiger partial charge in [-0.1, -0.05) is 54.6 Å². The Kier molecular flexibility index (Phi) is 5.76. The summed E-state index contributed by atoms with van der Waals surface area (Å²) in [5.74, 6) is 0.725. The molecule has 0 amide bonds. The average Bonchev–Trinajstić information content (AvgIpc) is 2.80. The van der Waals surface area contributed by atoms with Crippen molar-refractivity contribution in [2.75, 3.05) is 11.1 Å². The predicted molar refractivity (Wildman–Crippen MR) is 121 cm³/mol. The third kappa shape index (κ3) is 4.67. The highest BCUT2D eigenvalue weighted by molar-refractivity contribution is 6.08. The van der Waals surface area contributed by atoms with Crippen molar-refractivity contribution in [3.63, 3.8) is 0 Å². The first-order valence-corrected chi connectivity index (χ1v) is 9.72. The standard InChI is InChI=1S/C26H22N2O2/c27-24-8-4-5-9-25(24)28-22-14-10-19(11-15-22)18-30-23-16-12-21(13-17-23)26(29)20-6-2-1-3-7-20/h1-17,28H,18,27H2. The van der Waals surface area contributed by atoms with E-state index in [1.54, 1.807) is 12.1 Å². The molecule has 0 spiro atoms. The monoisotopic (exact) mass is 394 g/mol. The maximum absolute atomic E-state index is 12.5. The number of nitrogens with one attached hydrogen (secondary N) is 1. The summed E-state index contributed by atoms with van der Waals surface area (Å²) in [6.45, 7) is 0.444. The van der Waals surface area contributed by atoms with Crippen molar-refractivity contribution >= 4 is 22.8 Å². The number of para-hydroxylation sites is 2. The molecule has 0 saturated carbocycles. The van der Waals surface area contributed by atoms with Crippen LogP contribution in [0.3, 0.4) is 0 Å². The lowest BCUT2D eigenvalue weighted by Gasteiger charge is -2.11. The van der Waals surface area contributed by atoms with E-state index in [-0.39, 0.29) is 5.78 Å². The fraction of sp³-hybridized carbons (Fsp3) is 0.0385. The molecule has 4 heteroatoms. The van der Waals surface area contributed by atoms with Gasteiger partial charge in [0.1, 0.15) is 12.4 Å². The van der Waals surface area contributed by atoms with Gasteiger partial charge in [0.05, 0.1) is 11.4 Å². The summed E-state index contributed by atoms with van der Waals surface area (Å²) in [6, 6.07) is 32.1. The Balaban J connectivity index is 1.34. The molecule has 0 radical (unpaired) electrons. The molecule has 0 aliphatic carbocycles. The number of nitrogen functional groups attached to an aromatic ring is 1. The number of nitrogens with two attached hydrogens (primary N) is 1. The van der Waals surface area contributed by atoms with Crippen molar-refractivity contribution in [1.82, 2.24) is 0 Å². The van der Waals surface area contributed by atoms with Crippen LogP contribution in [0.1, 0.15) is 21.5 Å². The summed E-state index contributed by atoms with van der Waals surface area (Å²) in [4.78, 5) is 12.5. The maximum Gasteiger partial charge on any atom is 0.193 e. The van der Waals surface area contributed by atoms with Gasteiger partial charge in [0.2, 0.25) is 0 Å². The van der Waals surface area contributed by atoms with E-state index in [9.17, 15) is 4.79 Å². The lowest BCUT2D eigenvalue weighted by atomic mass is 10.0. The predicted octanol–water partition coefficient (Wildman–Crippen LogP) is 5.82. The fourth-order valence-electron chi connectivity index (χ4n) is 3.08. The topological polar surface area (TPSA) is 64.3 Å². The van der Waals surface area contributed by atoms with E-state index in [1.165, 1.54) is 0 Å². The van der Waals surface area contributed by atoms with E-state index in [0.717, 1.165) is 22.7 Å². The summed E-state index contributed by atoms with van der Waals surface area (Å²) in [5, 5.41) is 3.31. The van der Waals surface area contributed by atoms with Crippen LogP contribution in [0.15, 0.2) is 103 Å². The number of hydrogen-bond acceptors (Lipinski definition) is 4. The van der Waals surface area contributed by atoms with Gasteiger partial charge in [-0.15, -0.1) is 0 Å². The second kappa shape index (κ2) is 8.97. The third-order valence-electron chi connectivity index (χ3n) is 4.75. The molecule has 30 heavy (non-hydrogen) atoms. The van der Waals surface area contributed by atoms with Crippen LogP contribution >= 0.6 is 0 Å². The van der Waals surface area contributed by atoms with Crippen LogP contribution in [0.2, 0.25) is 0 Å². The molecule has 4 aromatic rings. The molecule has 3 N–H and O–H groups in total. The number of hydrogen-bond donors (Lipinski definition) is 2. The second-order valence-corrected chi connectivity index (χ2v) is 6.92. The highest BCUT2D eigenvalue weighted by atomic mass is 16.5. The lowest BCUT2D eigenvalue weighted by molar-refractivity contribution is 0.103. The summed E-state index contributed by atoms with van der Waals surface area (Å²) in [7, 11) is 0. The Morgan fingerprint density at radius 3 is 2.07 bits per heavy atom. The van der Waals surface area contributed by atoms with Crippen molar-refractivity contribution < 1.29 is 9.53 Å². The molecule has 0 aliphatic heterocycles. The minimum absolute atomic E-state index is 0.00397. The normalized spacial score (nSPS) is 10.4. The van der Waals surface area contributed by atoms with Gasteiger partial charge in [0, 0.05) is 16.8 Å². The molecular weight excluding hydrogens is 372 g/mol. The molecular formula is C26H22N2O2. The SMILES string of the molecule is Nc1ccccc1Nc1ccc(COc2ccc(C(=O)c3ccccc3)cc2)cc1. The van der Waals surface area contributed by atoms with Crippen LogP contribution in [0.25, 0.3) is 0 Å². The molecule has 0 unspecified atom stereocenters. The highest BCUT2D eigenvalue weighted by Gasteiger charge is 2.08. The van der Waals surface area contributed by atoms with E-state index < -0.39 is 0 Å². The van der Waals surface area contributed by atoms with Crippen LogP contribution in [0.4, 0.5) is 17.1 Å². The largest absolute Gasteiger partial charge is 0.489 e. The summed E-state index contributed by atoms with van der Waals surface area (Å²) in [5.41, 5.74) is 10.9. The Hall–Kier alpha value is -4.05. The van der Waals surface area contributed by atoms with Gasteiger partial charge in [0.25, 0.3) is 0 Å². The zero-order valence-corrected chi connectivity index (χ0v) is 16.4. The van der Waals surface area contributed by atoms with E-state index >= 15 is 0 Å². The first-order chi connectivity index (χ1) is 14.7. The van der Waals surface area contributed by atoms with Crippen LogP contribution in [-0.2, 0) is 6.61 Å². The van der Waals surface area contributed by atoms with Gasteiger partial charge in [-0.2, -0.15) is 0 Å². The number of ketones is 1. The molecule has 0 bridgehead atoms. The average molecular weight is 394 g/mol. The van der Waals surface area contributed by atoms with Crippen LogP contribution in [0, 0.1) is 0 Å². The van der Waals surface area contributed by atoms with Crippen molar-refractivity contribution in [2.45, 2.75) is 6.61 Å². The number of anilines is 3. The first-order valence-electron chi connectivity index (χ1n) is 9.72. The minimum Gasteiger partial charge on any atom is -0.489 e. The van der Waals surface area contributed by atoms with Gasteiger partial charge in [-0.25, -0.2) is 0 Å². The molecule has 4 aromatic carbocycles. The summed E-state index contributed by atoms with van der Waals surface area (Å²) in [6.07, 6.45) is 0. The fourth-order valence-corrected chi connectivity index (χ4v) is 3.08. The quantitative estimate of drug-likeness (QED) is 0.306. The van der Waals surface area contributed by atoms with E-state index in [0.29, 0.717) is 23.4 Å². The molecule has 0 atom stereocenters. The van der Waals surface area contributed by atoms with E-state index in [2.05, 4.69) is 5.32 Å². The number of rotatable bonds is 7. The van der Waals surface area contributed by atoms with Gasteiger partial charge < -0.3 is 15.8 Å². The lowest BCUT2D eigenvalue weighted by Crippen LogP contribution is -2.01. The van der Waals surface area contributed by atoms with Gasteiger partial charge in [-0.05, 0) is 54.1 Å². The Morgan fingerprint density at radius 1 is 0.733 bits per heavy atom. The Bertz CT molecular complexity index is 1120. The second-order valence-electron chi connectivity index (χ2n) is 6.92. The number of ether oxygens (including phenoxy) is 1. The molecule has 0 saturated heterocycles. The zero-order chi connectivity index (χ0) is 20.8. The van der Waals surface area contributed by atoms with Crippen molar-refractivity contribution in [2.24, 2.45) is 0 Å². The van der Waals surface area contributed by atoms with Gasteiger partial charge in [-0.3, -0.25) is 4.79 Å². The van der Waals surface area contributed by atoms with Crippen molar-refractivity contribution in [1.29, 1.82) is 0 Å². The van der Waals surface area contributed by atoms with Crippen LogP contribution in [0.5, 0.6) is 5.75 Å². The number of benzene rings is 4.